The fraction of sp³-hybridized carbons (Fsp3) is 0.607. The molecule has 0 nitrogen and oxygen atoms in total. The molecular formula is C28H40Br2Si. The second-order valence-electron chi connectivity index (χ2n) is 9.57. The lowest BCUT2D eigenvalue weighted by molar-refractivity contribution is 0.382. The Labute approximate surface area is 209 Å². The van der Waals surface area contributed by atoms with Gasteiger partial charge in [-0.25, -0.2) is 0 Å². The van der Waals surface area contributed by atoms with Crippen molar-refractivity contribution >= 4 is 46.6 Å². The third-order valence-corrected chi connectivity index (χ3v) is 9.57. The van der Waals surface area contributed by atoms with Crippen molar-refractivity contribution in [1.29, 1.82) is 0 Å². The first kappa shape index (κ1) is 25.4. The lowest BCUT2D eigenvalue weighted by atomic mass is 9.69. The molecule has 31 heavy (non-hydrogen) atoms. The van der Waals surface area contributed by atoms with Crippen LogP contribution in [0.1, 0.15) is 104 Å². The number of unbranched alkanes of at least 4 members (excludes halogenated alkanes) is 10. The van der Waals surface area contributed by atoms with Crippen LogP contribution in [-0.4, -0.2) is 9.13 Å². The summed E-state index contributed by atoms with van der Waals surface area (Å²) in [6, 6.07) is 7.01. The van der Waals surface area contributed by atoms with E-state index in [0.717, 1.165) is 0 Å². The first-order chi connectivity index (χ1) is 15.1. The third kappa shape index (κ3) is 6.87. The lowest BCUT2D eigenvalue weighted by Gasteiger charge is -2.37. The highest BCUT2D eigenvalue weighted by molar-refractivity contribution is 9.12. The average Bonchev–Trinajstić information content (AvgIpc) is 3.11. The number of hydrogen-bond donors (Lipinski definition) is 0. The Hall–Kier alpha value is -0.253. The van der Waals surface area contributed by atoms with Gasteiger partial charge in [0.15, 0.2) is 0 Å². The first-order valence-electron chi connectivity index (χ1n) is 12.7. The van der Waals surface area contributed by atoms with Gasteiger partial charge < -0.3 is 0 Å². The van der Waals surface area contributed by atoms with Gasteiger partial charge in [-0.05, 0) is 51.9 Å². The lowest BCUT2D eigenvalue weighted by Crippen LogP contribution is -2.28. The summed E-state index contributed by atoms with van der Waals surface area (Å²) < 4.78 is 2.55. The standard InChI is InChI=1S/C28H40Br2Si/c1-3-5-7-9-11-13-17-28(18-14-12-10-8-6-4-2)21-23(30)20-26-27(28)24-19-22(29)15-16-25(24)31-26/h15-16,19-21,31H,3-14,17-18H2,1-2H3. The fourth-order valence-electron chi connectivity index (χ4n) is 5.42. The number of rotatable bonds is 14. The SMILES string of the molecule is CCCCCCCCC1(CCCCCCCC)C=C(Br)C=C2[SiH]=c3ccc(Br)cc3=C21. The van der Waals surface area contributed by atoms with Crippen molar-refractivity contribution in [2.45, 2.75) is 104 Å². The Balaban J connectivity index is 1.84. The topological polar surface area (TPSA) is 0 Å². The quantitative estimate of drug-likeness (QED) is 0.156. The third-order valence-electron chi connectivity index (χ3n) is 7.04. The Morgan fingerprint density at radius 1 is 0.774 bits per heavy atom. The number of fused-ring (bicyclic) bond motifs is 2. The Kier molecular flexibility index (Phi) is 10.5. The molecule has 1 heterocycles. The largest absolute Gasteiger partial charge is 0.0654 e. The molecule has 0 saturated heterocycles. The van der Waals surface area contributed by atoms with Gasteiger partial charge in [0.25, 0.3) is 0 Å². The number of halogens is 2. The summed E-state index contributed by atoms with van der Waals surface area (Å²) in [6.45, 7) is 4.62. The minimum absolute atomic E-state index is 0.218. The van der Waals surface area contributed by atoms with Gasteiger partial charge in [-0.15, -0.1) is 0 Å². The molecule has 0 saturated carbocycles. The van der Waals surface area contributed by atoms with Crippen LogP contribution in [0.5, 0.6) is 0 Å². The van der Waals surface area contributed by atoms with Crippen LogP contribution in [-0.2, 0) is 0 Å². The Morgan fingerprint density at radius 2 is 1.35 bits per heavy atom. The molecule has 0 atom stereocenters. The molecule has 0 aromatic heterocycles. The molecular weight excluding hydrogens is 524 g/mol. The highest BCUT2D eigenvalue weighted by Crippen LogP contribution is 2.49. The van der Waals surface area contributed by atoms with E-state index in [0.29, 0.717) is 0 Å². The van der Waals surface area contributed by atoms with Crippen LogP contribution in [0.2, 0.25) is 0 Å². The Bertz CT molecular complexity index is 893. The molecule has 1 aromatic rings. The molecule has 0 unspecified atom stereocenters. The number of hydrogen-bond acceptors (Lipinski definition) is 0. The van der Waals surface area contributed by atoms with Crippen LogP contribution in [0.3, 0.4) is 0 Å². The van der Waals surface area contributed by atoms with E-state index in [1.54, 1.807) is 20.8 Å². The van der Waals surface area contributed by atoms with Crippen LogP contribution in [0.4, 0.5) is 0 Å². The van der Waals surface area contributed by atoms with Crippen LogP contribution >= 0.6 is 31.9 Å². The van der Waals surface area contributed by atoms with Crippen LogP contribution in [0, 0.1) is 10.2 Å². The zero-order chi connectivity index (χ0) is 22.1. The molecule has 0 radical (unpaired) electrons. The first-order valence-corrected chi connectivity index (χ1v) is 15.5. The molecule has 2 aliphatic rings. The summed E-state index contributed by atoms with van der Waals surface area (Å²) in [5.74, 6) is 0. The van der Waals surface area contributed by atoms with Crippen molar-refractivity contribution in [2.24, 2.45) is 5.41 Å². The molecule has 1 aliphatic carbocycles. The predicted octanol–water partition coefficient (Wildman–Crippen LogP) is 8.96. The number of benzene rings is 1. The van der Waals surface area contributed by atoms with Gasteiger partial charge in [-0.2, -0.15) is 0 Å². The summed E-state index contributed by atoms with van der Waals surface area (Å²) in [7, 11) is 0.218. The summed E-state index contributed by atoms with van der Waals surface area (Å²) in [5, 5.41) is 3.18. The van der Waals surface area contributed by atoms with Crippen molar-refractivity contribution in [3.05, 3.63) is 54.5 Å². The van der Waals surface area contributed by atoms with Gasteiger partial charge in [0.05, 0.1) is 0 Å². The summed E-state index contributed by atoms with van der Waals surface area (Å²) in [5.41, 5.74) is 1.90. The molecule has 1 aliphatic heterocycles. The molecule has 0 amide bonds. The number of allylic oxidation sites excluding steroid dienone is 4. The zero-order valence-corrected chi connectivity index (χ0v) is 23.9. The monoisotopic (exact) mass is 562 g/mol. The minimum Gasteiger partial charge on any atom is -0.0654 e. The van der Waals surface area contributed by atoms with Gasteiger partial charge in [-0.1, -0.05) is 135 Å². The molecule has 170 valence electrons. The highest BCUT2D eigenvalue weighted by Gasteiger charge is 2.37. The van der Waals surface area contributed by atoms with Crippen molar-refractivity contribution in [1.82, 2.24) is 0 Å². The highest BCUT2D eigenvalue weighted by atomic mass is 79.9. The molecule has 1 aromatic carbocycles. The maximum absolute atomic E-state index is 3.92. The summed E-state index contributed by atoms with van der Waals surface area (Å²) >= 11 is 7.68. The van der Waals surface area contributed by atoms with Gasteiger partial charge in [0, 0.05) is 23.5 Å². The van der Waals surface area contributed by atoms with E-state index in [1.807, 2.05) is 0 Å². The van der Waals surface area contributed by atoms with E-state index < -0.39 is 0 Å². The zero-order valence-electron chi connectivity index (χ0n) is 19.6. The second-order valence-corrected chi connectivity index (χ2v) is 12.9. The van der Waals surface area contributed by atoms with Crippen LogP contribution < -0.4 is 5.22 Å². The molecule has 0 N–H and O–H groups in total. The minimum atomic E-state index is 0.218. The van der Waals surface area contributed by atoms with Gasteiger partial charge >= 0.3 is 0 Å². The van der Waals surface area contributed by atoms with Gasteiger partial charge in [-0.3, -0.25) is 0 Å². The van der Waals surface area contributed by atoms with Crippen molar-refractivity contribution in [2.75, 3.05) is 0 Å². The van der Waals surface area contributed by atoms with E-state index in [9.17, 15) is 0 Å². The van der Waals surface area contributed by atoms with Gasteiger partial charge in [0.1, 0.15) is 0 Å². The van der Waals surface area contributed by atoms with Crippen molar-refractivity contribution in [3.63, 3.8) is 0 Å². The predicted molar refractivity (Wildman–Crippen MR) is 147 cm³/mol. The van der Waals surface area contributed by atoms with Crippen molar-refractivity contribution < 1.29 is 0 Å². The molecule has 0 bridgehead atoms. The normalized spacial score (nSPS) is 16.5. The maximum atomic E-state index is 3.92. The molecule has 3 heteroatoms. The van der Waals surface area contributed by atoms with E-state index in [4.69, 9.17) is 0 Å². The Morgan fingerprint density at radius 3 is 1.97 bits per heavy atom. The fourth-order valence-corrected chi connectivity index (χ4v) is 8.47. The van der Waals surface area contributed by atoms with E-state index in [2.05, 4.69) is 76.1 Å². The smallest absolute Gasteiger partial charge is 0.0398 e. The summed E-state index contributed by atoms with van der Waals surface area (Å²) in [6.07, 6.45) is 24.2. The van der Waals surface area contributed by atoms with E-state index in [1.165, 1.54) is 98.8 Å². The molecule has 0 spiro atoms. The maximum Gasteiger partial charge on any atom is 0.0398 e. The second kappa shape index (κ2) is 12.8. The van der Waals surface area contributed by atoms with E-state index >= 15 is 0 Å². The van der Waals surface area contributed by atoms with Crippen LogP contribution in [0.15, 0.2) is 44.5 Å². The molecule has 3 rings (SSSR count). The molecule has 0 fully saturated rings. The average molecular weight is 565 g/mol. The van der Waals surface area contributed by atoms with Crippen LogP contribution in [0.25, 0.3) is 5.57 Å². The summed E-state index contributed by atoms with van der Waals surface area (Å²) in [4.78, 5) is 1.59. The van der Waals surface area contributed by atoms with Crippen molar-refractivity contribution in [3.8, 4) is 0 Å². The van der Waals surface area contributed by atoms with Gasteiger partial charge in [0.2, 0.25) is 0 Å². The van der Waals surface area contributed by atoms with E-state index in [-0.39, 0.29) is 14.5 Å².